The molecule has 0 N–H and O–H groups in total. The Bertz CT molecular complexity index is 983. The Morgan fingerprint density at radius 2 is 1.54 bits per heavy atom. The zero-order chi connectivity index (χ0) is 18.5. The molecule has 3 aromatic rings. The van der Waals surface area contributed by atoms with Crippen molar-refractivity contribution in [3.63, 3.8) is 0 Å². The molecular formula is C23H18N2O. The maximum Gasteiger partial charge on any atom is 0.250 e. The van der Waals surface area contributed by atoms with E-state index in [1.807, 2.05) is 54.6 Å². The molecule has 3 nitrogen and oxygen atoms in total. The minimum absolute atomic E-state index is 0.252. The average molecular weight is 338 g/mol. The number of likely N-dealkylation sites (N-methyl/N-ethyl adjacent to an activating group) is 1. The number of nitrogens with zero attached hydrogens (tertiary/aromatic N) is 2. The Morgan fingerprint density at radius 3 is 2.15 bits per heavy atom. The topological polar surface area (TPSA) is 44.1 Å². The van der Waals surface area contributed by atoms with Crippen LogP contribution < -0.4 is 4.90 Å². The number of hydrogen-bond acceptors (Lipinski definition) is 2. The van der Waals surface area contributed by atoms with E-state index < -0.39 is 0 Å². The molecule has 0 fully saturated rings. The van der Waals surface area contributed by atoms with Gasteiger partial charge in [-0.15, -0.1) is 0 Å². The van der Waals surface area contributed by atoms with Crippen LogP contribution >= 0.6 is 0 Å². The number of benzene rings is 3. The molecule has 3 aromatic carbocycles. The van der Waals surface area contributed by atoms with Gasteiger partial charge in [-0.1, -0.05) is 73.3 Å². The summed E-state index contributed by atoms with van der Waals surface area (Å²) >= 11 is 0. The monoisotopic (exact) mass is 338 g/mol. The lowest BCUT2D eigenvalue weighted by molar-refractivity contribution is -0.113. The predicted molar refractivity (Wildman–Crippen MR) is 106 cm³/mol. The quantitative estimate of drug-likeness (QED) is 0.625. The van der Waals surface area contributed by atoms with Crippen molar-refractivity contribution >= 4 is 11.6 Å². The minimum Gasteiger partial charge on any atom is -0.311 e. The zero-order valence-corrected chi connectivity index (χ0v) is 14.5. The summed E-state index contributed by atoms with van der Waals surface area (Å²) in [6.45, 7) is 3.51. The summed E-state index contributed by atoms with van der Waals surface area (Å²) in [4.78, 5) is 13.4. The van der Waals surface area contributed by atoms with Crippen molar-refractivity contribution in [1.29, 1.82) is 5.26 Å². The van der Waals surface area contributed by atoms with Crippen LogP contribution in [0.5, 0.6) is 0 Å². The number of anilines is 1. The highest BCUT2D eigenvalue weighted by Gasteiger charge is 2.16. The molecule has 0 aliphatic carbocycles. The van der Waals surface area contributed by atoms with Gasteiger partial charge in [0, 0.05) is 12.6 Å². The first-order valence-electron chi connectivity index (χ1n) is 8.25. The molecule has 3 heteroatoms. The van der Waals surface area contributed by atoms with Crippen LogP contribution in [0.4, 0.5) is 5.69 Å². The molecule has 0 saturated heterocycles. The van der Waals surface area contributed by atoms with Crippen LogP contribution in [0.1, 0.15) is 5.56 Å². The number of nitriles is 1. The summed E-state index contributed by atoms with van der Waals surface area (Å²) in [5.74, 6) is -0.252. The summed E-state index contributed by atoms with van der Waals surface area (Å²) in [6, 6.07) is 26.0. The van der Waals surface area contributed by atoms with E-state index in [4.69, 9.17) is 0 Å². The van der Waals surface area contributed by atoms with E-state index in [1.54, 1.807) is 13.1 Å². The van der Waals surface area contributed by atoms with Gasteiger partial charge in [-0.05, 0) is 28.8 Å². The predicted octanol–water partition coefficient (Wildman–Crippen LogP) is 5.04. The van der Waals surface area contributed by atoms with Crippen molar-refractivity contribution in [2.24, 2.45) is 0 Å². The summed E-state index contributed by atoms with van der Waals surface area (Å²) in [5.41, 5.74) is 5.03. The third kappa shape index (κ3) is 3.26. The minimum atomic E-state index is -0.252. The number of carbonyl (C=O) groups excluding carboxylic acids is 1. The van der Waals surface area contributed by atoms with Gasteiger partial charge in [-0.3, -0.25) is 4.79 Å². The molecule has 126 valence electrons. The molecule has 0 radical (unpaired) electrons. The second-order valence-electron chi connectivity index (χ2n) is 5.86. The van der Waals surface area contributed by atoms with E-state index in [0.29, 0.717) is 11.3 Å². The lowest BCUT2D eigenvalue weighted by Gasteiger charge is -2.18. The van der Waals surface area contributed by atoms with E-state index in [0.717, 1.165) is 22.3 Å². The largest absolute Gasteiger partial charge is 0.311 e. The highest BCUT2D eigenvalue weighted by molar-refractivity contribution is 6.02. The zero-order valence-electron chi connectivity index (χ0n) is 14.5. The van der Waals surface area contributed by atoms with Gasteiger partial charge in [0.15, 0.2) is 0 Å². The molecule has 0 heterocycles. The van der Waals surface area contributed by atoms with Gasteiger partial charge >= 0.3 is 0 Å². The maximum absolute atomic E-state index is 11.9. The summed E-state index contributed by atoms with van der Waals surface area (Å²) < 4.78 is 0. The molecule has 1 amide bonds. The SMILES string of the molecule is C=CC(=O)N(C)c1cccc(-c2ccc(-c3ccccc3)cc2)c1C#N. The Hall–Kier alpha value is -3.64. The van der Waals surface area contributed by atoms with Crippen LogP contribution in [0.2, 0.25) is 0 Å². The fourth-order valence-corrected chi connectivity index (χ4v) is 2.91. The van der Waals surface area contributed by atoms with Crippen molar-refractivity contribution < 1.29 is 4.79 Å². The lowest BCUT2D eigenvalue weighted by atomic mass is 9.96. The van der Waals surface area contributed by atoms with Gasteiger partial charge in [0.05, 0.1) is 11.3 Å². The smallest absolute Gasteiger partial charge is 0.250 e. The van der Waals surface area contributed by atoms with Crippen molar-refractivity contribution in [2.45, 2.75) is 0 Å². The summed E-state index contributed by atoms with van der Waals surface area (Å²) in [5, 5.41) is 9.68. The van der Waals surface area contributed by atoms with Crippen molar-refractivity contribution in [3.8, 4) is 28.3 Å². The Balaban J connectivity index is 2.03. The Labute approximate surface area is 153 Å². The first kappa shape index (κ1) is 17.2. The fourth-order valence-electron chi connectivity index (χ4n) is 2.91. The van der Waals surface area contributed by atoms with Crippen LogP contribution in [0.3, 0.4) is 0 Å². The van der Waals surface area contributed by atoms with Gasteiger partial charge in [0.1, 0.15) is 6.07 Å². The maximum atomic E-state index is 11.9. The number of carbonyl (C=O) groups is 1. The standard InChI is InChI=1S/C23H18N2O/c1-3-23(26)25(2)22-11-7-10-20(21(22)16-24)19-14-12-18(13-15-19)17-8-5-4-6-9-17/h3-15H,1H2,2H3. The van der Waals surface area contributed by atoms with Crippen molar-refractivity contribution in [2.75, 3.05) is 11.9 Å². The van der Waals surface area contributed by atoms with Crippen molar-refractivity contribution in [3.05, 3.63) is 91.0 Å². The molecule has 0 unspecified atom stereocenters. The summed E-state index contributed by atoms with van der Waals surface area (Å²) in [7, 11) is 1.64. The molecular weight excluding hydrogens is 320 g/mol. The number of hydrogen-bond donors (Lipinski definition) is 0. The summed E-state index contributed by atoms with van der Waals surface area (Å²) in [6.07, 6.45) is 1.24. The molecule has 3 rings (SSSR count). The van der Waals surface area contributed by atoms with E-state index in [9.17, 15) is 10.1 Å². The Morgan fingerprint density at radius 1 is 0.923 bits per heavy atom. The molecule has 0 aliphatic heterocycles. The normalized spacial score (nSPS) is 10.0. The third-order valence-corrected chi connectivity index (χ3v) is 4.32. The van der Waals surface area contributed by atoms with Gasteiger partial charge in [0.2, 0.25) is 5.91 Å². The van der Waals surface area contributed by atoms with Crippen molar-refractivity contribution in [1.82, 2.24) is 0 Å². The van der Waals surface area contributed by atoms with Gasteiger partial charge in [0.25, 0.3) is 0 Å². The van der Waals surface area contributed by atoms with Crippen LogP contribution in [0, 0.1) is 11.3 Å². The first-order chi connectivity index (χ1) is 12.7. The lowest BCUT2D eigenvalue weighted by Crippen LogP contribution is -2.24. The Kier molecular flexibility index (Phi) is 4.96. The fraction of sp³-hybridized carbons (Fsp3) is 0.0435. The molecule has 0 aromatic heterocycles. The van der Waals surface area contributed by atoms with E-state index in [1.165, 1.54) is 11.0 Å². The van der Waals surface area contributed by atoms with Gasteiger partial charge < -0.3 is 4.90 Å². The van der Waals surface area contributed by atoms with Gasteiger partial charge in [-0.2, -0.15) is 5.26 Å². The van der Waals surface area contributed by atoms with Crippen LogP contribution in [-0.2, 0) is 4.79 Å². The average Bonchev–Trinajstić information content (AvgIpc) is 2.72. The number of amides is 1. The molecule has 0 saturated carbocycles. The second kappa shape index (κ2) is 7.50. The van der Waals surface area contributed by atoms with Crippen LogP contribution in [0.15, 0.2) is 85.5 Å². The second-order valence-corrected chi connectivity index (χ2v) is 5.86. The van der Waals surface area contributed by atoms with E-state index >= 15 is 0 Å². The van der Waals surface area contributed by atoms with Gasteiger partial charge in [-0.25, -0.2) is 0 Å². The third-order valence-electron chi connectivity index (χ3n) is 4.32. The van der Waals surface area contributed by atoms with Crippen LogP contribution in [-0.4, -0.2) is 13.0 Å². The van der Waals surface area contributed by atoms with E-state index in [2.05, 4.69) is 24.8 Å². The molecule has 26 heavy (non-hydrogen) atoms. The molecule has 0 aliphatic rings. The van der Waals surface area contributed by atoms with E-state index in [-0.39, 0.29) is 5.91 Å². The number of rotatable bonds is 4. The highest BCUT2D eigenvalue weighted by atomic mass is 16.2. The molecule has 0 spiro atoms. The first-order valence-corrected chi connectivity index (χ1v) is 8.25. The highest BCUT2D eigenvalue weighted by Crippen LogP contribution is 2.32. The molecule has 0 atom stereocenters. The molecule has 0 bridgehead atoms. The van der Waals surface area contributed by atoms with Crippen LogP contribution in [0.25, 0.3) is 22.3 Å².